The molecule has 0 amide bonds. The lowest BCUT2D eigenvalue weighted by Crippen LogP contribution is -2.09. The Hall–Kier alpha value is -2.00. The quantitative estimate of drug-likeness (QED) is 0.660. The molecule has 0 saturated carbocycles. The van der Waals surface area contributed by atoms with Gasteiger partial charge >= 0.3 is 5.97 Å². The highest BCUT2D eigenvalue weighted by Crippen LogP contribution is 2.27. The minimum Gasteiger partial charge on any atom is -0.462 e. The van der Waals surface area contributed by atoms with E-state index in [4.69, 9.17) is 15.4 Å². The second-order valence-corrected chi connectivity index (χ2v) is 6.03. The average molecular weight is 317 g/mol. The number of H-pyrrole nitrogens is 1. The van der Waals surface area contributed by atoms with Crippen molar-refractivity contribution in [2.75, 3.05) is 6.61 Å². The monoisotopic (exact) mass is 316 g/mol. The number of halogens is 1. The van der Waals surface area contributed by atoms with Crippen LogP contribution in [0, 0.1) is 0 Å². The Labute approximate surface area is 118 Å². The number of nitrogens with one attached hydrogen (secondary N) is 1. The molecule has 0 atom stereocenters. The Kier molecular flexibility index (Phi) is 4.00. The van der Waals surface area contributed by atoms with Crippen molar-refractivity contribution in [2.45, 2.75) is 11.9 Å². The van der Waals surface area contributed by atoms with Gasteiger partial charge in [0.15, 0.2) is 5.03 Å². The van der Waals surface area contributed by atoms with Crippen LogP contribution in [0.3, 0.4) is 0 Å². The molecule has 0 fully saturated rings. The first-order valence-corrected chi connectivity index (χ1v) is 7.72. The Bertz CT molecular complexity index is 729. The van der Waals surface area contributed by atoms with Crippen LogP contribution in [0.15, 0.2) is 23.6 Å². The molecule has 0 aliphatic rings. The van der Waals surface area contributed by atoms with Gasteiger partial charge in [-0.2, -0.15) is 5.10 Å². The molecular formula is C10H9ClN4O4S. The van der Waals surface area contributed by atoms with Crippen molar-refractivity contribution in [2.24, 2.45) is 0 Å². The summed E-state index contributed by atoms with van der Waals surface area (Å²) >= 11 is 0. The first-order chi connectivity index (χ1) is 9.45. The highest BCUT2D eigenvalue weighted by Gasteiger charge is 2.30. The van der Waals surface area contributed by atoms with Crippen LogP contribution < -0.4 is 0 Å². The van der Waals surface area contributed by atoms with Gasteiger partial charge in [-0.3, -0.25) is 15.1 Å². The predicted molar refractivity (Wildman–Crippen MR) is 68.6 cm³/mol. The summed E-state index contributed by atoms with van der Waals surface area (Å²) in [5.41, 5.74) is -0.0588. The molecule has 2 aromatic rings. The molecule has 0 aromatic carbocycles. The molecule has 0 unspecified atom stereocenters. The zero-order valence-corrected chi connectivity index (χ0v) is 11.8. The fraction of sp³-hybridized carbons (Fsp3) is 0.200. The highest BCUT2D eigenvalue weighted by atomic mass is 35.7. The van der Waals surface area contributed by atoms with Crippen molar-refractivity contribution >= 4 is 25.7 Å². The van der Waals surface area contributed by atoms with E-state index >= 15 is 0 Å². The number of rotatable bonds is 4. The van der Waals surface area contributed by atoms with Crippen LogP contribution in [0.4, 0.5) is 0 Å². The fourth-order valence-electron chi connectivity index (χ4n) is 1.50. The van der Waals surface area contributed by atoms with Gasteiger partial charge in [0.05, 0.1) is 12.8 Å². The molecule has 106 valence electrons. The summed E-state index contributed by atoms with van der Waals surface area (Å²) in [4.78, 5) is 19.7. The second kappa shape index (κ2) is 5.55. The van der Waals surface area contributed by atoms with E-state index in [2.05, 4.69) is 20.2 Å². The molecule has 2 heterocycles. The molecule has 1 N–H and O–H groups in total. The molecule has 0 aliphatic heterocycles. The Balaban J connectivity index is 2.65. The minimum atomic E-state index is -4.18. The number of carbonyl (C=O) groups is 1. The van der Waals surface area contributed by atoms with Crippen LogP contribution >= 0.6 is 10.7 Å². The van der Waals surface area contributed by atoms with Crippen molar-refractivity contribution in [1.29, 1.82) is 0 Å². The van der Waals surface area contributed by atoms with Crippen LogP contribution in [0.5, 0.6) is 0 Å². The number of aromatic amines is 1. The first-order valence-electron chi connectivity index (χ1n) is 5.41. The van der Waals surface area contributed by atoms with E-state index in [9.17, 15) is 13.2 Å². The molecule has 10 heteroatoms. The maximum Gasteiger partial charge on any atom is 0.343 e. The second-order valence-electron chi connectivity index (χ2n) is 3.53. The Morgan fingerprint density at radius 1 is 1.45 bits per heavy atom. The molecular weight excluding hydrogens is 308 g/mol. The van der Waals surface area contributed by atoms with Crippen molar-refractivity contribution < 1.29 is 17.9 Å². The molecule has 20 heavy (non-hydrogen) atoms. The number of nitrogens with zero attached hydrogens (tertiary/aromatic N) is 3. The smallest absolute Gasteiger partial charge is 0.343 e. The van der Waals surface area contributed by atoms with Crippen molar-refractivity contribution in [1.82, 2.24) is 20.2 Å². The summed E-state index contributed by atoms with van der Waals surface area (Å²) in [6, 6.07) is 0. The van der Waals surface area contributed by atoms with Gasteiger partial charge in [-0.15, -0.1) is 0 Å². The molecule has 8 nitrogen and oxygen atoms in total. The van der Waals surface area contributed by atoms with E-state index in [0.29, 0.717) is 0 Å². The topological polar surface area (TPSA) is 115 Å². The molecule has 0 aliphatic carbocycles. The van der Waals surface area contributed by atoms with Gasteiger partial charge < -0.3 is 4.74 Å². The first kappa shape index (κ1) is 14.4. The lowest BCUT2D eigenvalue weighted by molar-refractivity contribution is 0.0523. The van der Waals surface area contributed by atoms with Crippen molar-refractivity contribution in [3.8, 4) is 11.4 Å². The maximum atomic E-state index is 11.9. The summed E-state index contributed by atoms with van der Waals surface area (Å²) in [5, 5.41) is 5.45. The zero-order chi connectivity index (χ0) is 14.8. The molecule has 0 saturated heterocycles. The zero-order valence-electron chi connectivity index (χ0n) is 10.2. The third-order valence-corrected chi connectivity index (χ3v) is 3.51. The summed E-state index contributed by atoms with van der Waals surface area (Å²) in [7, 11) is 1.09. The van der Waals surface area contributed by atoms with Gasteiger partial charge in [0.2, 0.25) is 0 Å². The average Bonchev–Trinajstić information content (AvgIpc) is 2.84. The fourth-order valence-corrected chi connectivity index (χ4v) is 2.42. The lowest BCUT2D eigenvalue weighted by atomic mass is 10.2. The third kappa shape index (κ3) is 2.78. The van der Waals surface area contributed by atoms with Crippen LogP contribution in [-0.2, 0) is 13.8 Å². The largest absolute Gasteiger partial charge is 0.462 e. The number of hydrogen-bond donors (Lipinski definition) is 1. The standard InChI is InChI=1S/C10H9ClN4O4S/c1-2-19-10(16)7-8(6-5-12-3-4-13-6)14-15-9(7)20(11,17)18/h3-5H,2H2,1H3,(H,14,15). The van der Waals surface area contributed by atoms with Gasteiger partial charge in [-0.05, 0) is 6.92 Å². The Morgan fingerprint density at radius 2 is 2.20 bits per heavy atom. The molecule has 0 radical (unpaired) electrons. The van der Waals surface area contributed by atoms with E-state index in [-0.39, 0.29) is 23.6 Å². The third-order valence-electron chi connectivity index (χ3n) is 2.26. The van der Waals surface area contributed by atoms with Gasteiger partial charge in [0.25, 0.3) is 9.05 Å². The van der Waals surface area contributed by atoms with E-state index in [1.54, 1.807) is 6.92 Å². The van der Waals surface area contributed by atoms with Crippen LogP contribution in [-0.4, -0.2) is 41.2 Å². The molecule has 2 rings (SSSR count). The van der Waals surface area contributed by atoms with Gasteiger partial charge in [-0.25, -0.2) is 13.2 Å². The van der Waals surface area contributed by atoms with Gasteiger partial charge in [0, 0.05) is 23.1 Å². The van der Waals surface area contributed by atoms with E-state index < -0.39 is 20.0 Å². The van der Waals surface area contributed by atoms with E-state index in [1.807, 2.05) is 0 Å². The normalized spacial score (nSPS) is 11.3. The van der Waals surface area contributed by atoms with Crippen LogP contribution in [0.2, 0.25) is 0 Å². The van der Waals surface area contributed by atoms with Crippen molar-refractivity contribution in [3.05, 3.63) is 24.2 Å². The van der Waals surface area contributed by atoms with Crippen LogP contribution in [0.1, 0.15) is 17.3 Å². The molecule has 0 spiro atoms. The number of hydrogen-bond acceptors (Lipinski definition) is 7. The highest BCUT2D eigenvalue weighted by molar-refractivity contribution is 8.13. The summed E-state index contributed by atoms with van der Waals surface area (Å²) in [5.74, 6) is -0.860. The SMILES string of the molecule is CCOC(=O)c1c(-c2cnccn2)n[nH]c1S(=O)(=O)Cl. The van der Waals surface area contributed by atoms with Crippen molar-refractivity contribution in [3.63, 3.8) is 0 Å². The molecule has 2 aromatic heterocycles. The number of ether oxygens (including phenoxy) is 1. The minimum absolute atomic E-state index is 0.00998. The lowest BCUT2D eigenvalue weighted by Gasteiger charge is -2.03. The summed E-state index contributed by atoms with van der Waals surface area (Å²) < 4.78 is 27.7. The maximum absolute atomic E-state index is 11.9. The van der Waals surface area contributed by atoms with E-state index in [0.717, 1.165) is 0 Å². The van der Waals surface area contributed by atoms with Gasteiger partial charge in [-0.1, -0.05) is 0 Å². The molecule has 0 bridgehead atoms. The number of esters is 1. The summed E-state index contributed by atoms with van der Waals surface area (Å²) in [6.07, 6.45) is 4.15. The summed E-state index contributed by atoms with van der Waals surface area (Å²) in [6.45, 7) is 1.67. The van der Waals surface area contributed by atoms with Gasteiger partial charge in [0.1, 0.15) is 17.0 Å². The predicted octanol–water partition coefficient (Wildman–Crippen LogP) is 0.971. The number of carbonyl (C=O) groups excluding carboxylic acids is 1. The van der Waals surface area contributed by atoms with Crippen LogP contribution in [0.25, 0.3) is 11.4 Å². The number of aromatic nitrogens is 4. The van der Waals surface area contributed by atoms with E-state index in [1.165, 1.54) is 18.6 Å². The Morgan fingerprint density at radius 3 is 2.75 bits per heavy atom.